The van der Waals surface area contributed by atoms with Crippen LogP contribution in [0.3, 0.4) is 0 Å². The highest BCUT2D eigenvalue weighted by Crippen LogP contribution is 2.42. The fraction of sp³-hybridized carbons (Fsp3) is 0.312. The molecular weight excluding hydrogens is 312 g/mol. The van der Waals surface area contributed by atoms with Crippen LogP contribution >= 0.6 is 11.8 Å². The second-order valence-electron chi connectivity index (χ2n) is 5.47. The van der Waals surface area contributed by atoms with E-state index in [2.05, 4.69) is 15.7 Å². The van der Waals surface area contributed by atoms with Crippen LogP contribution in [0.1, 0.15) is 19.4 Å². The highest BCUT2D eigenvalue weighted by Gasteiger charge is 2.45. The summed E-state index contributed by atoms with van der Waals surface area (Å²) in [5, 5.41) is 9.81. The molecule has 0 saturated carbocycles. The van der Waals surface area contributed by atoms with Crippen LogP contribution in [0.4, 0.5) is 5.69 Å². The van der Waals surface area contributed by atoms with Crippen LogP contribution in [-0.2, 0) is 22.7 Å². The summed E-state index contributed by atoms with van der Waals surface area (Å²) in [6, 6.07) is 7.47. The molecule has 7 heteroatoms. The Bertz CT molecular complexity index is 758. The first-order valence-electron chi connectivity index (χ1n) is 7.42. The summed E-state index contributed by atoms with van der Waals surface area (Å²) in [6.45, 7) is 4.77. The Morgan fingerprint density at radius 3 is 2.96 bits per heavy atom. The zero-order valence-corrected chi connectivity index (χ0v) is 13.8. The van der Waals surface area contributed by atoms with Crippen molar-refractivity contribution in [3.8, 4) is 0 Å². The van der Waals surface area contributed by atoms with E-state index in [1.807, 2.05) is 37.4 Å². The van der Waals surface area contributed by atoms with Crippen molar-refractivity contribution in [1.82, 2.24) is 15.1 Å². The summed E-state index contributed by atoms with van der Waals surface area (Å²) in [6.07, 6.45) is 3.60. The third kappa shape index (κ3) is 2.96. The van der Waals surface area contributed by atoms with Crippen LogP contribution in [0.15, 0.2) is 41.6 Å². The molecule has 2 aromatic rings. The highest BCUT2D eigenvalue weighted by molar-refractivity contribution is 8.02. The van der Waals surface area contributed by atoms with E-state index in [-0.39, 0.29) is 11.8 Å². The Morgan fingerprint density at radius 1 is 1.43 bits per heavy atom. The first kappa shape index (κ1) is 15.6. The van der Waals surface area contributed by atoms with Gasteiger partial charge >= 0.3 is 0 Å². The molecule has 2 heterocycles. The van der Waals surface area contributed by atoms with Crippen molar-refractivity contribution in [2.24, 2.45) is 0 Å². The topological polar surface area (TPSA) is 76.0 Å². The number of amides is 2. The van der Waals surface area contributed by atoms with Crippen molar-refractivity contribution in [2.45, 2.75) is 36.6 Å². The SMILES string of the molecule is CCn1cc(CNC(=O)[C@@]2(C)Sc3ccccc3NC2=O)cn1. The summed E-state index contributed by atoms with van der Waals surface area (Å²) in [5.41, 5.74) is 1.66. The van der Waals surface area contributed by atoms with Gasteiger partial charge in [-0.3, -0.25) is 14.3 Å². The number of nitrogens with one attached hydrogen (secondary N) is 2. The molecule has 1 aliphatic rings. The lowest BCUT2D eigenvalue weighted by Gasteiger charge is -2.31. The number of rotatable bonds is 4. The lowest BCUT2D eigenvalue weighted by Crippen LogP contribution is -2.51. The predicted molar refractivity (Wildman–Crippen MR) is 89.1 cm³/mol. The van der Waals surface area contributed by atoms with Gasteiger partial charge in [0.25, 0.3) is 0 Å². The molecule has 3 rings (SSSR count). The van der Waals surface area contributed by atoms with Gasteiger partial charge in [-0.15, -0.1) is 0 Å². The van der Waals surface area contributed by atoms with Gasteiger partial charge < -0.3 is 10.6 Å². The third-order valence-corrected chi connectivity index (χ3v) is 5.13. The number of hydrogen-bond acceptors (Lipinski definition) is 4. The Labute approximate surface area is 138 Å². The number of nitrogens with zero attached hydrogens (tertiary/aromatic N) is 2. The van der Waals surface area contributed by atoms with Crippen molar-refractivity contribution in [2.75, 3.05) is 5.32 Å². The number of carbonyl (C=O) groups excluding carboxylic acids is 2. The second kappa shape index (κ2) is 6.08. The molecule has 0 saturated heterocycles. The molecule has 0 spiro atoms. The molecule has 1 atom stereocenters. The Hall–Kier alpha value is -2.28. The zero-order chi connectivity index (χ0) is 16.4. The van der Waals surface area contributed by atoms with Gasteiger partial charge in [-0.25, -0.2) is 0 Å². The van der Waals surface area contributed by atoms with Gasteiger partial charge in [-0.05, 0) is 26.0 Å². The molecule has 0 unspecified atom stereocenters. The van der Waals surface area contributed by atoms with Crippen LogP contribution < -0.4 is 10.6 Å². The van der Waals surface area contributed by atoms with E-state index in [0.29, 0.717) is 6.54 Å². The van der Waals surface area contributed by atoms with E-state index in [1.54, 1.807) is 17.8 Å². The van der Waals surface area contributed by atoms with E-state index < -0.39 is 4.75 Å². The fourth-order valence-electron chi connectivity index (χ4n) is 2.34. The smallest absolute Gasteiger partial charge is 0.250 e. The molecular formula is C16H18N4O2S. The number of benzene rings is 1. The molecule has 1 aromatic heterocycles. The number of aromatic nitrogens is 2. The molecule has 0 aliphatic carbocycles. The average Bonchev–Trinajstić information content (AvgIpc) is 3.01. The fourth-order valence-corrected chi connectivity index (χ4v) is 3.46. The predicted octanol–water partition coefficient (Wildman–Crippen LogP) is 2.02. The van der Waals surface area contributed by atoms with Crippen LogP contribution in [0.5, 0.6) is 0 Å². The molecule has 120 valence electrons. The Kier molecular flexibility index (Phi) is 4.12. The van der Waals surface area contributed by atoms with Crippen molar-refractivity contribution >= 4 is 29.3 Å². The summed E-state index contributed by atoms with van der Waals surface area (Å²) < 4.78 is 0.608. The molecule has 2 N–H and O–H groups in total. The monoisotopic (exact) mass is 330 g/mol. The van der Waals surface area contributed by atoms with E-state index in [1.165, 1.54) is 11.8 Å². The molecule has 0 bridgehead atoms. The number of thioether (sulfide) groups is 1. The van der Waals surface area contributed by atoms with E-state index in [9.17, 15) is 9.59 Å². The van der Waals surface area contributed by atoms with Gasteiger partial charge in [0.1, 0.15) is 0 Å². The van der Waals surface area contributed by atoms with Gasteiger partial charge in [0.2, 0.25) is 11.8 Å². The summed E-state index contributed by atoms with van der Waals surface area (Å²) in [7, 11) is 0. The van der Waals surface area contributed by atoms with E-state index >= 15 is 0 Å². The van der Waals surface area contributed by atoms with Gasteiger partial charge in [0.05, 0.1) is 11.9 Å². The average molecular weight is 330 g/mol. The van der Waals surface area contributed by atoms with Gasteiger partial charge in [-0.1, -0.05) is 23.9 Å². The Balaban J connectivity index is 1.72. The summed E-state index contributed by atoms with van der Waals surface area (Å²) in [5.74, 6) is -0.610. The standard InChI is InChI=1S/C16H18N4O2S/c1-3-20-10-11(9-18-20)8-17-14(21)16(2)15(22)19-12-6-4-5-7-13(12)23-16/h4-7,9-10H,3,8H2,1-2H3,(H,17,21)(H,19,22)/t16-/m1/s1. The number of para-hydroxylation sites is 1. The molecule has 2 amide bonds. The number of fused-ring (bicyclic) bond motifs is 1. The maximum Gasteiger partial charge on any atom is 0.250 e. The van der Waals surface area contributed by atoms with E-state index in [0.717, 1.165) is 22.7 Å². The zero-order valence-electron chi connectivity index (χ0n) is 13.0. The first-order valence-corrected chi connectivity index (χ1v) is 8.23. The van der Waals surface area contributed by atoms with Gasteiger partial charge in [0.15, 0.2) is 4.75 Å². The lowest BCUT2D eigenvalue weighted by atomic mass is 10.1. The van der Waals surface area contributed by atoms with Crippen LogP contribution in [0, 0.1) is 0 Å². The lowest BCUT2D eigenvalue weighted by molar-refractivity contribution is -0.130. The molecule has 6 nitrogen and oxygen atoms in total. The maximum absolute atomic E-state index is 12.6. The number of carbonyl (C=O) groups is 2. The minimum atomic E-state index is -1.19. The summed E-state index contributed by atoms with van der Waals surface area (Å²) in [4.78, 5) is 25.8. The van der Waals surface area contributed by atoms with Crippen LogP contribution in [-0.4, -0.2) is 26.3 Å². The largest absolute Gasteiger partial charge is 0.350 e. The van der Waals surface area contributed by atoms with Gasteiger partial charge in [0, 0.05) is 29.7 Å². The molecule has 1 aliphatic heterocycles. The summed E-state index contributed by atoms with van der Waals surface area (Å²) >= 11 is 1.28. The third-order valence-electron chi connectivity index (χ3n) is 3.78. The number of hydrogen-bond donors (Lipinski definition) is 2. The minimum Gasteiger partial charge on any atom is -0.350 e. The number of aryl methyl sites for hydroxylation is 1. The Morgan fingerprint density at radius 2 is 2.22 bits per heavy atom. The van der Waals surface area contributed by atoms with Crippen LogP contribution in [0.2, 0.25) is 0 Å². The van der Waals surface area contributed by atoms with Crippen LogP contribution in [0.25, 0.3) is 0 Å². The second-order valence-corrected chi connectivity index (χ2v) is 6.93. The van der Waals surface area contributed by atoms with Crippen molar-refractivity contribution in [3.63, 3.8) is 0 Å². The molecule has 23 heavy (non-hydrogen) atoms. The molecule has 0 radical (unpaired) electrons. The maximum atomic E-state index is 12.6. The molecule has 1 aromatic carbocycles. The quantitative estimate of drug-likeness (QED) is 0.841. The first-order chi connectivity index (χ1) is 11.0. The minimum absolute atomic E-state index is 0.303. The van der Waals surface area contributed by atoms with Gasteiger partial charge in [-0.2, -0.15) is 5.10 Å². The highest BCUT2D eigenvalue weighted by atomic mass is 32.2. The normalized spacial score (nSPS) is 19.8. The number of anilines is 1. The van der Waals surface area contributed by atoms with Crippen molar-refractivity contribution in [1.29, 1.82) is 0 Å². The van der Waals surface area contributed by atoms with Crippen molar-refractivity contribution < 1.29 is 9.59 Å². The molecule has 0 fully saturated rings. The van der Waals surface area contributed by atoms with Crippen molar-refractivity contribution in [3.05, 3.63) is 42.2 Å². The van der Waals surface area contributed by atoms with E-state index in [4.69, 9.17) is 0 Å².